The molecule has 0 unspecified atom stereocenters. The number of hydrogen-bond donors (Lipinski definition) is 2. The molecule has 0 heterocycles. The van der Waals surface area contributed by atoms with Crippen molar-refractivity contribution in [3.63, 3.8) is 0 Å². The first kappa shape index (κ1) is 16.2. The third kappa shape index (κ3) is 2.68. The second kappa shape index (κ2) is 6.11. The third-order valence-electron chi connectivity index (χ3n) is 5.02. The fourth-order valence-corrected chi connectivity index (χ4v) is 3.39. The van der Waals surface area contributed by atoms with Crippen LogP contribution in [0.1, 0.15) is 46.3 Å². The molecule has 124 valence electrons. The molecule has 1 saturated carbocycles. The maximum Gasteiger partial charge on any atom is 0.336 e. The second-order valence-corrected chi connectivity index (χ2v) is 6.54. The molecule has 2 aromatic carbocycles. The zero-order valence-corrected chi connectivity index (χ0v) is 13.9. The predicted octanol–water partition coefficient (Wildman–Crippen LogP) is 4.06. The van der Waals surface area contributed by atoms with Gasteiger partial charge in [-0.05, 0) is 49.4 Å². The molecule has 24 heavy (non-hydrogen) atoms. The Hall–Kier alpha value is -2.62. The van der Waals surface area contributed by atoms with Crippen molar-refractivity contribution in [3.8, 4) is 0 Å². The van der Waals surface area contributed by atoms with Crippen LogP contribution < -0.4 is 5.32 Å². The number of rotatable bonds is 4. The second-order valence-electron chi connectivity index (χ2n) is 6.54. The Labute approximate surface area is 141 Å². The average Bonchev–Trinajstić information content (AvgIpc) is 2.49. The van der Waals surface area contributed by atoms with E-state index in [4.69, 9.17) is 0 Å². The first-order valence-electron chi connectivity index (χ1n) is 8.15. The van der Waals surface area contributed by atoms with Crippen LogP contribution in [0.2, 0.25) is 0 Å². The van der Waals surface area contributed by atoms with Gasteiger partial charge in [0.2, 0.25) is 5.91 Å². The number of carbonyl (C=O) groups excluding carboxylic acids is 1. The molecule has 0 aliphatic heterocycles. The topological polar surface area (TPSA) is 66.4 Å². The lowest BCUT2D eigenvalue weighted by Gasteiger charge is -2.40. The lowest BCUT2D eigenvalue weighted by atomic mass is 9.64. The van der Waals surface area contributed by atoms with Gasteiger partial charge in [-0.2, -0.15) is 0 Å². The fourth-order valence-electron chi connectivity index (χ4n) is 3.39. The Bertz CT molecular complexity index is 792. The first-order chi connectivity index (χ1) is 11.4. The summed E-state index contributed by atoms with van der Waals surface area (Å²) in [6.07, 6.45) is 2.66. The van der Waals surface area contributed by atoms with Gasteiger partial charge in [0.1, 0.15) is 0 Å². The van der Waals surface area contributed by atoms with E-state index >= 15 is 0 Å². The zero-order valence-electron chi connectivity index (χ0n) is 13.9. The van der Waals surface area contributed by atoms with E-state index in [2.05, 4.69) is 5.32 Å². The number of carbonyl (C=O) groups is 2. The van der Waals surface area contributed by atoms with Crippen molar-refractivity contribution in [1.82, 2.24) is 0 Å². The van der Waals surface area contributed by atoms with Crippen molar-refractivity contribution in [1.29, 1.82) is 0 Å². The number of benzene rings is 2. The van der Waals surface area contributed by atoms with E-state index in [1.54, 1.807) is 19.1 Å². The van der Waals surface area contributed by atoms with Crippen molar-refractivity contribution in [2.75, 3.05) is 5.32 Å². The van der Waals surface area contributed by atoms with Crippen LogP contribution in [-0.2, 0) is 10.2 Å². The maximum atomic E-state index is 13.0. The normalized spacial score (nSPS) is 15.4. The summed E-state index contributed by atoms with van der Waals surface area (Å²) in [4.78, 5) is 24.3. The quantitative estimate of drug-likeness (QED) is 0.891. The molecule has 0 radical (unpaired) electrons. The summed E-state index contributed by atoms with van der Waals surface area (Å²) in [6, 6.07) is 13.2. The van der Waals surface area contributed by atoms with Crippen LogP contribution in [0.4, 0.5) is 5.69 Å². The Kier molecular flexibility index (Phi) is 4.14. The number of hydrogen-bond acceptors (Lipinski definition) is 2. The summed E-state index contributed by atoms with van der Waals surface area (Å²) in [6.45, 7) is 3.64. The largest absolute Gasteiger partial charge is 0.478 e. The molecule has 3 rings (SSSR count). The number of anilines is 1. The van der Waals surface area contributed by atoms with Gasteiger partial charge < -0.3 is 10.4 Å². The molecule has 2 N–H and O–H groups in total. The first-order valence-corrected chi connectivity index (χ1v) is 8.15. The Morgan fingerprint density at radius 1 is 1.04 bits per heavy atom. The molecule has 1 aliphatic rings. The number of aromatic carboxylic acids is 1. The van der Waals surface area contributed by atoms with E-state index in [-0.39, 0.29) is 11.5 Å². The minimum absolute atomic E-state index is 0.0526. The van der Waals surface area contributed by atoms with Crippen molar-refractivity contribution < 1.29 is 14.7 Å². The average molecular weight is 323 g/mol. The fraction of sp³-hybridized carbons (Fsp3) is 0.300. The Morgan fingerprint density at radius 3 is 2.25 bits per heavy atom. The summed E-state index contributed by atoms with van der Waals surface area (Å²) in [5, 5.41) is 12.3. The van der Waals surface area contributed by atoms with Crippen LogP contribution in [0.25, 0.3) is 0 Å². The molecule has 1 aliphatic carbocycles. The molecule has 0 bridgehead atoms. The number of amides is 1. The van der Waals surface area contributed by atoms with Crippen LogP contribution >= 0.6 is 0 Å². The van der Waals surface area contributed by atoms with Crippen LogP contribution in [0.5, 0.6) is 0 Å². The standard InChI is InChI=1S/C20H21NO3/c1-13-11-14(2)17(12-16(13)18(22)23)21-19(24)20(9-6-10-20)15-7-4-3-5-8-15/h3-5,7-8,11-12H,6,9-10H2,1-2H3,(H,21,24)(H,22,23). The molecule has 0 aromatic heterocycles. The minimum Gasteiger partial charge on any atom is -0.478 e. The van der Waals surface area contributed by atoms with E-state index in [1.807, 2.05) is 37.3 Å². The highest BCUT2D eigenvalue weighted by Crippen LogP contribution is 2.44. The lowest BCUT2D eigenvalue weighted by molar-refractivity contribution is -0.124. The molecule has 4 nitrogen and oxygen atoms in total. The lowest BCUT2D eigenvalue weighted by Crippen LogP contribution is -2.46. The van der Waals surface area contributed by atoms with Gasteiger partial charge in [-0.25, -0.2) is 4.79 Å². The van der Waals surface area contributed by atoms with E-state index in [0.717, 1.165) is 30.4 Å². The minimum atomic E-state index is -0.982. The monoisotopic (exact) mass is 323 g/mol. The number of aryl methyl sites for hydroxylation is 2. The third-order valence-corrected chi connectivity index (χ3v) is 5.02. The number of carboxylic acid groups (broad SMARTS) is 1. The summed E-state index contributed by atoms with van der Waals surface area (Å²) < 4.78 is 0. The van der Waals surface area contributed by atoms with Crippen LogP contribution in [-0.4, -0.2) is 17.0 Å². The molecule has 0 saturated heterocycles. The van der Waals surface area contributed by atoms with Gasteiger partial charge in [-0.15, -0.1) is 0 Å². The summed E-state index contributed by atoms with van der Waals surface area (Å²) >= 11 is 0. The Balaban J connectivity index is 1.92. The van der Waals surface area contributed by atoms with Crippen molar-refractivity contribution in [3.05, 3.63) is 64.7 Å². The summed E-state index contributed by atoms with van der Waals surface area (Å²) in [7, 11) is 0. The smallest absolute Gasteiger partial charge is 0.336 e. The predicted molar refractivity (Wildman–Crippen MR) is 93.5 cm³/mol. The number of carboxylic acids is 1. The summed E-state index contributed by atoms with van der Waals surface area (Å²) in [5.74, 6) is -1.03. The van der Waals surface area contributed by atoms with Gasteiger partial charge in [0.25, 0.3) is 0 Å². The molecule has 4 heteroatoms. The van der Waals surface area contributed by atoms with Gasteiger partial charge in [0.05, 0.1) is 11.0 Å². The molecule has 1 amide bonds. The Morgan fingerprint density at radius 2 is 1.71 bits per heavy atom. The molecule has 0 atom stereocenters. The maximum absolute atomic E-state index is 13.0. The van der Waals surface area contributed by atoms with E-state index in [1.165, 1.54) is 0 Å². The molecular weight excluding hydrogens is 302 g/mol. The van der Waals surface area contributed by atoms with E-state index < -0.39 is 11.4 Å². The molecule has 2 aromatic rings. The van der Waals surface area contributed by atoms with Gasteiger partial charge in [-0.3, -0.25) is 4.79 Å². The van der Waals surface area contributed by atoms with Crippen LogP contribution in [0, 0.1) is 13.8 Å². The number of nitrogens with one attached hydrogen (secondary N) is 1. The van der Waals surface area contributed by atoms with Gasteiger partial charge in [0, 0.05) is 5.69 Å². The zero-order chi connectivity index (χ0) is 17.3. The molecule has 1 fully saturated rings. The highest BCUT2D eigenvalue weighted by atomic mass is 16.4. The van der Waals surface area contributed by atoms with E-state index in [9.17, 15) is 14.7 Å². The molecule has 0 spiro atoms. The van der Waals surface area contributed by atoms with Crippen molar-refractivity contribution in [2.24, 2.45) is 0 Å². The highest BCUT2D eigenvalue weighted by molar-refractivity contribution is 6.01. The molecular formula is C20H21NO3. The SMILES string of the molecule is Cc1cc(C)c(C(=O)O)cc1NC(=O)C1(c2ccccc2)CCC1. The van der Waals surface area contributed by atoms with Crippen LogP contribution in [0.15, 0.2) is 42.5 Å². The highest BCUT2D eigenvalue weighted by Gasteiger charge is 2.45. The summed E-state index contributed by atoms with van der Waals surface area (Å²) in [5.41, 5.74) is 2.88. The van der Waals surface area contributed by atoms with Gasteiger partial charge >= 0.3 is 5.97 Å². The van der Waals surface area contributed by atoms with Crippen molar-refractivity contribution >= 4 is 17.6 Å². The van der Waals surface area contributed by atoms with Gasteiger partial charge in [-0.1, -0.05) is 42.8 Å². The van der Waals surface area contributed by atoms with E-state index in [0.29, 0.717) is 11.3 Å². The van der Waals surface area contributed by atoms with Gasteiger partial charge in [0.15, 0.2) is 0 Å². The van der Waals surface area contributed by atoms with Crippen molar-refractivity contribution in [2.45, 2.75) is 38.5 Å². The van der Waals surface area contributed by atoms with Crippen LogP contribution in [0.3, 0.4) is 0 Å².